The van der Waals surface area contributed by atoms with Crippen LogP contribution in [0.4, 0.5) is 5.69 Å². The van der Waals surface area contributed by atoms with Crippen molar-refractivity contribution < 1.29 is 9.53 Å². The number of rotatable bonds is 5. The number of benzene rings is 2. The maximum atomic E-state index is 12.1. The summed E-state index contributed by atoms with van der Waals surface area (Å²) in [5.74, 6) is 1.17. The minimum Gasteiger partial charge on any atom is -0.484 e. The molecule has 0 atom stereocenters. The van der Waals surface area contributed by atoms with E-state index in [4.69, 9.17) is 4.74 Å². The van der Waals surface area contributed by atoms with Crippen LogP contribution in [-0.4, -0.2) is 32.3 Å². The molecule has 4 rings (SSSR count). The Bertz CT molecular complexity index is 1090. The predicted molar refractivity (Wildman–Crippen MR) is 107 cm³/mol. The summed E-state index contributed by atoms with van der Waals surface area (Å²) < 4.78 is 8.14. The quantitative estimate of drug-likeness (QED) is 0.504. The molecule has 4 aromatic rings. The zero-order chi connectivity index (χ0) is 18.8. The molecule has 0 aliphatic heterocycles. The first-order chi connectivity index (χ1) is 13.1. The molecule has 0 saturated heterocycles. The first-order valence-corrected chi connectivity index (χ1v) is 9.67. The third-order valence-corrected chi connectivity index (χ3v) is 5.22. The first-order valence-electron chi connectivity index (χ1n) is 8.06. The summed E-state index contributed by atoms with van der Waals surface area (Å²) in [5, 5.41) is 16.2. The van der Waals surface area contributed by atoms with Gasteiger partial charge >= 0.3 is 0 Å². The van der Waals surface area contributed by atoms with Crippen LogP contribution in [0.25, 0.3) is 15.5 Å². The number of ether oxygens (including phenoxy) is 1. The van der Waals surface area contributed by atoms with Crippen LogP contribution in [0.1, 0.15) is 5.82 Å². The molecule has 2 heterocycles. The van der Waals surface area contributed by atoms with E-state index in [-0.39, 0.29) is 12.5 Å². The Labute approximate surface area is 167 Å². The van der Waals surface area contributed by atoms with E-state index in [9.17, 15) is 4.79 Å². The van der Waals surface area contributed by atoms with Crippen LogP contribution in [0.2, 0.25) is 0 Å². The van der Waals surface area contributed by atoms with Gasteiger partial charge in [-0.15, -0.1) is 10.2 Å². The highest BCUT2D eigenvalue weighted by molar-refractivity contribution is 9.10. The fraction of sp³-hybridized carbons (Fsp3) is 0.111. The maximum Gasteiger partial charge on any atom is 0.262 e. The number of aryl methyl sites for hydroxylation is 1. The van der Waals surface area contributed by atoms with E-state index >= 15 is 0 Å². The van der Waals surface area contributed by atoms with Crippen molar-refractivity contribution in [3.8, 4) is 16.3 Å². The summed E-state index contributed by atoms with van der Waals surface area (Å²) in [7, 11) is 0. The zero-order valence-corrected chi connectivity index (χ0v) is 16.6. The smallest absolute Gasteiger partial charge is 0.262 e. The van der Waals surface area contributed by atoms with Crippen LogP contribution in [0.5, 0.6) is 5.75 Å². The van der Waals surface area contributed by atoms with Gasteiger partial charge in [-0.05, 0) is 55.5 Å². The average molecular weight is 444 g/mol. The lowest BCUT2D eigenvalue weighted by Gasteiger charge is -2.08. The summed E-state index contributed by atoms with van der Waals surface area (Å²) in [4.78, 5) is 12.8. The Morgan fingerprint density at radius 2 is 1.89 bits per heavy atom. The van der Waals surface area contributed by atoms with Gasteiger partial charge in [0.25, 0.3) is 5.91 Å². The van der Waals surface area contributed by atoms with E-state index < -0.39 is 0 Å². The molecule has 0 radical (unpaired) electrons. The minimum absolute atomic E-state index is 0.0562. The molecule has 0 saturated carbocycles. The molecular formula is C18H14BrN5O2S. The third-order valence-electron chi connectivity index (χ3n) is 3.75. The normalized spacial score (nSPS) is 10.9. The van der Waals surface area contributed by atoms with E-state index in [1.165, 1.54) is 11.3 Å². The van der Waals surface area contributed by atoms with Gasteiger partial charge in [-0.2, -0.15) is 9.61 Å². The molecule has 136 valence electrons. The highest BCUT2D eigenvalue weighted by Gasteiger charge is 2.11. The number of hydrogen-bond donors (Lipinski definition) is 1. The number of fused-ring (bicyclic) bond motifs is 1. The van der Waals surface area contributed by atoms with Crippen molar-refractivity contribution in [2.75, 3.05) is 11.9 Å². The maximum absolute atomic E-state index is 12.1. The summed E-state index contributed by atoms with van der Waals surface area (Å²) in [6, 6.07) is 14.8. The number of hydrogen-bond acceptors (Lipinski definition) is 6. The molecule has 1 amide bonds. The number of nitrogens with zero attached hydrogens (tertiary/aromatic N) is 4. The summed E-state index contributed by atoms with van der Waals surface area (Å²) in [6.45, 7) is 1.80. The summed E-state index contributed by atoms with van der Waals surface area (Å²) >= 11 is 4.82. The van der Waals surface area contributed by atoms with Gasteiger partial charge in [0.2, 0.25) is 4.96 Å². The fourth-order valence-electron chi connectivity index (χ4n) is 2.40. The average Bonchev–Trinajstić information content (AvgIpc) is 3.24. The van der Waals surface area contributed by atoms with Gasteiger partial charge in [-0.25, -0.2) is 0 Å². The summed E-state index contributed by atoms with van der Waals surface area (Å²) in [6.07, 6.45) is 0. The molecular weight excluding hydrogens is 430 g/mol. The molecule has 1 N–H and O–H groups in total. The highest BCUT2D eigenvalue weighted by atomic mass is 79.9. The fourth-order valence-corrected chi connectivity index (χ4v) is 3.56. The Kier molecular flexibility index (Phi) is 4.87. The van der Waals surface area contributed by atoms with Crippen molar-refractivity contribution in [1.29, 1.82) is 0 Å². The Morgan fingerprint density at radius 1 is 1.15 bits per heavy atom. The topological polar surface area (TPSA) is 81.4 Å². The molecule has 27 heavy (non-hydrogen) atoms. The Morgan fingerprint density at radius 3 is 2.59 bits per heavy atom. The number of halogens is 1. The molecule has 0 spiro atoms. The number of aromatic nitrogens is 4. The second kappa shape index (κ2) is 7.45. The zero-order valence-electron chi connectivity index (χ0n) is 14.2. The summed E-state index contributed by atoms with van der Waals surface area (Å²) in [5.41, 5.74) is 1.65. The SMILES string of the molecule is Cc1nnc2sc(-c3ccc(NC(=O)COc4ccc(Br)cc4)cc3)nn12. The molecule has 0 unspecified atom stereocenters. The van der Waals surface area contributed by atoms with Crippen LogP contribution < -0.4 is 10.1 Å². The second-order valence-electron chi connectivity index (χ2n) is 5.72. The van der Waals surface area contributed by atoms with Gasteiger partial charge in [0.1, 0.15) is 10.8 Å². The number of carbonyl (C=O) groups excluding carboxylic acids is 1. The van der Waals surface area contributed by atoms with Gasteiger partial charge in [-0.1, -0.05) is 27.3 Å². The van der Waals surface area contributed by atoms with Gasteiger partial charge in [-0.3, -0.25) is 4.79 Å². The van der Waals surface area contributed by atoms with Crippen LogP contribution in [0.15, 0.2) is 53.0 Å². The number of nitrogens with one attached hydrogen (secondary N) is 1. The van der Waals surface area contributed by atoms with E-state index in [1.807, 2.05) is 43.3 Å². The van der Waals surface area contributed by atoms with Crippen molar-refractivity contribution in [3.05, 3.63) is 58.8 Å². The first kappa shape index (κ1) is 17.6. The van der Waals surface area contributed by atoms with Crippen LogP contribution >= 0.6 is 27.3 Å². The Hall–Kier alpha value is -2.78. The second-order valence-corrected chi connectivity index (χ2v) is 7.59. The number of carbonyl (C=O) groups is 1. The molecule has 2 aromatic heterocycles. The lowest BCUT2D eigenvalue weighted by molar-refractivity contribution is -0.118. The number of amides is 1. The third kappa shape index (κ3) is 3.99. The van der Waals surface area contributed by atoms with Crippen LogP contribution in [-0.2, 0) is 4.79 Å². The van der Waals surface area contributed by atoms with E-state index in [1.54, 1.807) is 16.6 Å². The van der Waals surface area contributed by atoms with Crippen LogP contribution in [0, 0.1) is 6.92 Å². The van der Waals surface area contributed by atoms with Crippen molar-refractivity contribution >= 4 is 43.8 Å². The monoisotopic (exact) mass is 443 g/mol. The van der Waals surface area contributed by atoms with Crippen molar-refractivity contribution in [2.24, 2.45) is 0 Å². The molecule has 9 heteroatoms. The van der Waals surface area contributed by atoms with Crippen molar-refractivity contribution in [1.82, 2.24) is 19.8 Å². The van der Waals surface area contributed by atoms with Crippen LogP contribution in [0.3, 0.4) is 0 Å². The van der Waals surface area contributed by atoms with E-state index in [2.05, 4.69) is 36.5 Å². The molecule has 0 aliphatic rings. The molecule has 0 fully saturated rings. The molecule has 0 aliphatic carbocycles. The molecule has 0 bridgehead atoms. The number of anilines is 1. The minimum atomic E-state index is -0.222. The van der Waals surface area contributed by atoms with Crippen molar-refractivity contribution in [3.63, 3.8) is 0 Å². The van der Waals surface area contributed by atoms with E-state index in [0.29, 0.717) is 11.4 Å². The molecule has 2 aromatic carbocycles. The standard InChI is InChI=1S/C18H14BrN5O2S/c1-11-21-22-18-24(11)23-17(27-18)12-2-6-14(7-3-12)20-16(25)10-26-15-8-4-13(19)5-9-15/h2-9H,10H2,1H3,(H,20,25). The van der Waals surface area contributed by atoms with Crippen molar-refractivity contribution in [2.45, 2.75) is 6.92 Å². The Balaban J connectivity index is 1.38. The largest absolute Gasteiger partial charge is 0.484 e. The van der Waals surface area contributed by atoms with Gasteiger partial charge < -0.3 is 10.1 Å². The predicted octanol–water partition coefficient (Wildman–Crippen LogP) is 3.94. The lowest BCUT2D eigenvalue weighted by atomic mass is 10.2. The molecule has 7 nitrogen and oxygen atoms in total. The van der Waals surface area contributed by atoms with E-state index in [0.717, 1.165) is 25.8 Å². The van der Waals surface area contributed by atoms with Gasteiger partial charge in [0.15, 0.2) is 12.4 Å². The lowest BCUT2D eigenvalue weighted by Crippen LogP contribution is -2.20. The highest BCUT2D eigenvalue weighted by Crippen LogP contribution is 2.26. The van der Waals surface area contributed by atoms with Gasteiger partial charge in [0.05, 0.1) is 0 Å². The van der Waals surface area contributed by atoms with Gasteiger partial charge in [0, 0.05) is 15.7 Å².